The second kappa shape index (κ2) is 6.08. The summed E-state index contributed by atoms with van der Waals surface area (Å²) in [5.74, 6) is -1.98. The Morgan fingerprint density at radius 3 is 2.67 bits per heavy atom. The molecule has 6 nitrogen and oxygen atoms in total. The molecule has 0 aliphatic carbocycles. The summed E-state index contributed by atoms with van der Waals surface area (Å²) in [6.45, 7) is 4.59. The van der Waals surface area contributed by atoms with Crippen molar-refractivity contribution >= 4 is 11.6 Å². The number of halogens is 3. The van der Waals surface area contributed by atoms with Crippen LogP contribution in [0.2, 0.25) is 0 Å². The highest BCUT2D eigenvalue weighted by Gasteiger charge is 2.40. The molecule has 24 heavy (non-hydrogen) atoms. The molecule has 0 radical (unpaired) electrons. The predicted molar refractivity (Wildman–Crippen MR) is 76.9 cm³/mol. The van der Waals surface area contributed by atoms with Gasteiger partial charge in [-0.05, 0) is 19.1 Å². The molecule has 0 bridgehead atoms. The van der Waals surface area contributed by atoms with Crippen LogP contribution in [0.4, 0.5) is 18.9 Å². The number of aryl methyl sites for hydroxylation is 1. The van der Waals surface area contributed by atoms with Crippen molar-refractivity contribution in [3.63, 3.8) is 0 Å². The summed E-state index contributed by atoms with van der Waals surface area (Å²) in [4.78, 5) is 11.5. The van der Waals surface area contributed by atoms with Gasteiger partial charge in [0.05, 0.1) is 17.4 Å². The molecule has 0 spiro atoms. The Morgan fingerprint density at radius 2 is 2.21 bits per heavy atom. The van der Waals surface area contributed by atoms with Crippen molar-refractivity contribution in [2.24, 2.45) is 0 Å². The molecular weight excluding hydrogens is 327 g/mol. The lowest BCUT2D eigenvalue weighted by molar-refractivity contribution is -0.138. The third kappa shape index (κ3) is 2.94. The first-order chi connectivity index (χ1) is 11.2. The smallest absolute Gasteiger partial charge is 0.420 e. The second-order valence-electron chi connectivity index (χ2n) is 4.67. The van der Waals surface area contributed by atoms with Crippen LogP contribution < -0.4 is 5.32 Å². The Morgan fingerprint density at radius 1 is 1.54 bits per heavy atom. The number of anilines is 1. The van der Waals surface area contributed by atoms with E-state index in [0.29, 0.717) is 0 Å². The number of amides is 1. The zero-order chi connectivity index (χ0) is 18.1. The van der Waals surface area contributed by atoms with Crippen LogP contribution in [0.15, 0.2) is 29.4 Å². The molecule has 0 unspecified atom stereocenters. The maximum Gasteiger partial charge on any atom is 0.420 e. The first kappa shape index (κ1) is 17.1. The van der Waals surface area contributed by atoms with Crippen LogP contribution in [0, 0.1) is 18.3 Å². The fraction of sp³-hybridized carbons (Fsp3) is 0.133. The van der Waals surface area contributed by atoms with E-state index in [1.54, 1.807) is 0 Å². The maximum atomic E-state index is 13.5. The molecule has 2 rings (SSSR count). The van der Waals surface area contributed by atoms with Crippen molar-refractivity contribution in [1.29, 1.82) is 5.26 Å². The highest BCUT2D eigenvalue weighted by Crippen LogP contribution is 2.48. The molecule has 124 valence electrons. The number of phenolic OH excluding ortho intramolecular Hbond substituents is 1. The number of nitriles is 1. The van der Waals surface area contributed by atoms with Gasteiger partial charge in [-0.25, -0.2) is 0 Å². The molecule has 0 aliphatic rings. The lowest BCUT2D eigenvalue weighted by Crippen LogP contribution is -2.14. The monoisotopic (exact) mass is 337 g/mol. The molecule has 9 heteroatoms. The maximum absolute atomic E-state index is 13.5. The molecule has 0 saturated carbocycles. The van der Waals surface area contributed by atoms with Gasteiger partial charge in [-0.1, -0.05) is 11.7 Å². The summed E-state index contributed by atoms with van der Waals surface area (Å²) in [6, 6.07) is 2.40. The zero-order valence-electron chi connectivity index (χ0n) is 12.2. The summed E-state index contributed by atoms with van der Waals surface area (Å²) < 4.78 is 45.3. The van der Waals surface area contributed by atoms with E-state index in [9.17, 15) is 23.1 Å². The van der Waals surface area contributed by atoms with Crippen LogP contribution in [-0.2, 0) is 11.0 Å². The Hall–Kier alpha value is -3.28. The van der Waals surface area contributed by atoms with Gasteiger partial charge in [0, 0.05) is 11.1 Å². The second-order valence-corrected chi connectivity index (χ2v) is 4.67. The van der Waals surface area contributed by atoms with Gasteiger partial charge in [-0.3, -0.25) is 4.79 Å². The fourth-order valence-electron chi connectivity index (χ4n) is 2.13. The summed E-state index contributed by atoms with van der Waals surface area (Å²) in [5, 5.41) is 24.5. The number of carbonyl (C=O) groups excluding carboxylic acids is 1. The molecule has 1 aromatic heterocycles. The number of aromatic nitrogens is 1. The van der Waals surface area contributed by atoms with E-state index in [4.69, 9.17) is 9.78 Å². The van der Waals surface area contributed by atoms with Gasteiger partial charge in [0.1, 0.15) is 23.1 Å². The Bertz CT molecular complexity index is 863. The van der Waals surface area contributed by atoms with E-state index in [0.717, 1.165) is 18.3 Å². The van der Waals surface area contributed by atoms with E-state index in [-0.39, 0.29) is 17.0 Å². The van der Waals surface area contributed by atoms with Gasteiger partial charge in [0.25, 0.3) is 0 Å². The van der Waals surface area contributed by atoms with Crippen molar-refractivity contribution in [3.05, 3.63) is 41.8 Å². The van der Waals surface area contributed by atoms with Crippen molar-refractivity contribution in [2.75, 3.05) is 5.32 Å². The van der Waals surface area contributed by atoms with Gasteiger partial charge < -0.3 is 14.9 Å². The zero-order valence-corrected chi connectivity index (χ0v) is 12.2. The van der Waals surface area contributed by atoms with Gasteiger partial charge in [-0.2, -0.15) is 18.4 Å². The number of alkyl halides is 3. The average molecular weight is 337 g/mol. The summed E-state index contributed by atoms with van der Waals surface area (Å²) in [7, 11) is 0. The standard InChI is InChI=1S/C15H10F3N3O3/c1-3-11(22)21-10-4-8(5-19)14(23)13(15(16,17)18)12(10)9-6-20-24-7(9)2/h3-4,6,23H,1H2,2H3,(H,21,22). The minimum absolute atomic E-state index is 0.0405. The molecule has 0 atom stereocenters. The Kier molecular flexibility index (Phi) is 4.33. The number of nitrogens with one attached hydrogen (secondary N) is 1. The van der Waals surface area contributed by atoms with Crippen LogP contribution in [0.1, 0.15) is 16.9 Å². The first-order valence-electron chi connectivity index (χ1n) is 6.43. The number of hydrogen-bond donors (Lipinski definition) is 2. The molecule has 1 amide bonds. The third-order valence-corrected chi connectivity index (χ3v) is 3.17. The minimum Gasteiger partial charge on any atom is -0.506 e. The lowest BCUT2D eigenvalue weighted by atomic mass is 9.94. The van der Waals surface area contributed by atoms with Crippen molar-refractivity contribution < 1.29 is 27.6 Å². The predicted octanol–water partition coefficient (Wildman–Crippen LogP) is 3.37. The van der Waals surface area contributed by atoms with Crippen molar-refractivity contribution in [2.45, 2.75) is 13.1 Å². The lowest BCUT2D eigenvalue weighted by Gasteiger charge is -2.19. The normalized spacial score (nSPS) is 11.0. The fourth-order valence-corrected chi connectivity index (χ4v) is 2.13. The Labute approximate surface area is 133 Å². The Balaban J connectivity index is 2.93. The number of benzene rings is 1. The van der Waals surface area contributed by atoms with E-state index in [2.05, 4.69) is 17.1 Å². The highest BCUT2D eigenvalue weighted by molar-refractivity contribution is 6.03. The number of phenols is 1. The SMILES string of the molecule is C=CC(=O)Nc1cc(C#N)c(O)c(C(F)(F)F)c1-c1cnoc1C. The summed E-state index contributed by atoms with van der Waals surface area (Å²) in [5.41, 5.74) is -3.06. The van der Waals surface area contributed by atoms with Crippen molar-refractivity contribution in [3.8, 4) is 22.9 Å². The average Bonchev–Trinajstić information content (AvgIpc) is 2.92. The van der Waals surface area contributed by atoms with E-state index < -0.39 is 34.5 Å². The highest BCUT2D eigenvalue weighted by atomic mass is 19.4. The molecule has 2 aromatic rings. The molecule has 2 N–H and O–H groups in total. The van der Waals surface area contributed by atoms with E-state index in [1.807, 2.05) is 0 Å². The van der Waals surface area contributed by atoms with E-state index >= 15 is 0 Å². The van der Waals surface area contributed by atoms with Crippen molar-refractivity contribution in [1.82, 2.24) is 5.16 Å². The van der Waals surface area contributed by atoms with Crippen LogP contribution >= 0.6 is 0 Å². The molecule has 1 aromatic carbocycles. The van der Waals surface area contributed by atoms with E-state index in [1.165, 1.54) is 13.0 Å². The van der Waals surface area contributed by atoms with Gasteiger partial charge in [-0.15, -0.1) is 0 Å². The quantitative estimate of drug-likeness (QED) is 0.661. The van der Waals surface area contributed by atoms with Gasteiger partial charge in [0.2, 0.25) is 5.91 Å². The topological polar surface area (TPSA) is 99.2 Å². The molecule has 0 fully saturated rings. The van der Waals surface area contributed by atoms with Crippen LogP contribution in [-0.4, -0.2) is 16.2 Å². The molecular formula is C15H10F3N3O3. The molecule has 0 aliphatic heterocycles. The van der Waals surface area contributed by atoms with Gasteiger partial charge in [0.15, 0.2) is 0 Å². The number of aromatic hydroxyl groups is 1. The summed E-state index contributed by atoms with van der Waals surface area (Å²) >= 11 is 0. The van der Waals surface area contributed by atoms with Crippen LogP contribution in [0.25, 0.3) is 11.1 Å². The number of carbonyl (C=O) groups is 1. The number of nitrogens with zero attached hydrogens (tertiary/aromatic N) is 2. The first-order valence-corrected chi connectivity index (χ1v) is 6.43. The van der Waals surface area contributed by atoms with Gasteiger partial charge >= 0.3 is 6.18 Å². The van der Waals surface area contributed by atoms with Crippen LogP contribution in [0.3, 0.4) is 0 Å². The number of rotatable bonds is 3. The molecule has 0 saturated heterocycles. The largest absolute Gasteiger partial charge is 0.506 e. The minimum atomic E-state index is -5.00. The summed E-state index contributed by atoms with van der Waals surface area (Å²) in [6.07, 6.45) is -3.12. The van der Waals surface area contributed by atoms with Crippen LogP contribution in [0.5, 0.6) is 5.75 Å². The molecule has 1 heterocycles. The number of hydrogen-bond acceptors (Lipinski definition) is 5. The third-order valence-electron chi connectivity index (χ3n) is 3.17.